The summed E-state index contributed by atoms with van der Waals surface area (Å²) in [5, 5.41) is 0. The lowest BCUT2D eigenvalue weighted by Crippen LogP contribution is -2.66. The molecule has 0 heterocycles. The van der Waals surface area contributed by atoms with Crippen molar-refractivity contribution in [2.75, 3.05) is 20.6 Å². The van der Waals surface area contributed by atoms with Crippen LogP contribution in [-0.4, -0.2) is 37.6 Å². The summed E-state index contributed by atoms with van der Waals surface area (Å²) in [6.07, 6.45) is 13.8. The van der Waals surface area contributed by atoms with E-state index in [1.165, 1.54) is 63.4 Å². The summed E-state index contributed by atoms with van der Waals surface area (Å²) in [6, 6.07) is 0. The number of hydrogen-bond acceptors (Lipinski definition) is 3. The van der Waals surface area contributed by atoms with Crippen LogP contribution in [0, 0.1) is 56.7 Å². The van der Waals surface area contributed by atoms with Gasteiger partial charge in [0.25, 0.3) is 0 Å². The zero-order valence-electron chi connectivity index (χ0n) is 26.4. The first-order valence-electron chi connectivity index (χ1n) is 16.1. The van der Waals surface area contributed by atoms with E-state index in [4.69, 9.17) is 4.74 Å². The molecule has 0 aliphatic heterocycles. The van der Waals surface area contributed by atoms with Crippen molar-refractivity contribution in [3.8, 4) is 0 Å². The van der Waals surface area contributed by atoms with Crippen LogP contribution >= 0.6 is 0 Å². The van der Waals surface area contributed by atoms with E-state index < -0.39 is 0 Å². The van der Waals surface area contributed by atoms with Crippen LogP contribution in [0.2, 0.25) is 0 Å². The van der Waals surface area contributed by atoms with Crippen LogP contribution < -0.4 is 0 Å². The Morgan fingerprint density at radius 2 is 1.55 bits per heavy atom. The number of hydrogen-bond donors (Lipinski definition) is 0. The fraction of sp³-hybridized carbons (Fsp3) is 0.914. The molecular weight excluding hydrogens is 466 g/mol. The molecular formula is C35H59NO2. The number of rotatable bonds is 5. The van der Waals surface area contributed by atoms with E-state index >= 15 is 0 Å². The molecule has 0 bridgehead atoms. The Labute approximate surface area is 234 Å². The fourth-order valence-corrected chi connectivity index (χ4v) is 12.2. The first-order chi connectivity index (χ1) is 17.6. The molecule has 5 aliphatic rings. The van der Waals surface area contributed by atoms with Crippen molar-refractivity contribution >= 4 is 5.97 Å². The van der Waals surface area contributed by atoms with Gasteiger partial charge in [0.2, 0.25) is 0 Å². The lowest BCUT2D eigenvalue weighted by atomic mass is 9.32. The van der Waals surface area contributed by atoms with E-state index in [0.717, 1.165) is 36.6 Å². The van der Waals surface area contributed by atoms with Crippen molar-refractivity contribution < 1.29 is 9.53 Å². The quantitative estimate of drug-likeness (QED) is 0.266. The molecule has 10 atom stereocenters. The average Bonchev–Trinajstić information content (AvgIpc) is 3.18. The maximum atomic E-state index is 12.8. The van der Waals surface area contributed by atoms with Gasteiger partial charge in [0.15, 0.2) is 0 Å². The molecule has 1 unspecified atom stereocenters. The first kappa shape index (κ1) is 28.7. The van der Waals surface area contributed by atoms with Crippen molar-refractivity contribution in [1.29, 1.82) is 0 Å². The number of fused-ring (bicyclic) bond motifs is 7. The minimum Gasteiger partial charge on any atom is -0.462 e. The van der Waals surface area contributed by atoms with Gasteiger partial charge in [0.1, 0.15) is 6.10 Å². The molecule has 0 aromatic rings. The smallest absolute Gasteiger partial charge is 0.307 e. The van der Waals surface area contributed by atoms with Crippen molar-refractivity contribution in [2.45, 2.75) is 125 Å². The highest BCUT2D eigenvalue weighted by Crippen LogP contribution is 2.77. The van der Waals surface area contributed by atoms with Gasteiger partial charge in [-0.15, -0.1) is 0 Å². The summed E-state index contributed by atoms with van der Waals surface area (Å²) < 4.78 is 6.24. The largest absolute Gasteiger partial charge is 0.462 e. The Bertz CT molecular complexity index is 954. The van der Waals surface area contributed by atoms with E-state index in [1.54, 1.807) is 0 Å². The summed E-state index contributed by atoms with van der Waals surface area (Å²) in [5.74, 6) is 3.78. The molecule has 3 nitrogen and oxygen atoms in total. The number of allylic oxidation sites excluding steroid dienone is 1. The summed E-state index contributed by atoms with van der Waals surface area (Å²) in [6.45, 7) is 23.2. The van der Waals surface area contributed by atoms with Gasteiger partial charge < -0.3 is 9.64 Å². The standard InChI is InChI=1S/C35H59NO2/c1-23(2)24-13-17-32(5)20-21-34(7)25(30(24)32)11-12-27-33(6)18-15-28(38-29(37)16-22-36(9)10)31(3,4)26(33)14-19-35(27,34)8/h24-28,30H,1,11-22H2,2-10H3/t24-,25+,26-,27?,28-,30+,32+,33-,34+,35+/m0/s1. The SMILES string of the molecule is C=C(C)[C@@H]1CC[C@]2(C)CC[C@]3(C)[C@H](CCC4[C@@]5(C)CC[C@H](OC(=O)CCN(C)C)C(C)(C)[C@@H]5CC[C@]43C)[C@@H]12. The second-order valence-electron chi connectivity index (χ2n) is 16.7. The van der Waals surface area contributed by atoms with Crippen LogP contribution in [0.4, 0.5) is 0 Å². The molecule has 5 aliphatic carbocycles. The summed E-state index contributed by atoms with van der Waals surface area (Å²) in [7, 11) is 4.05. The molecule has 5 saturated carbocycles. The second kappa shape index (κ2) is 9.35. The molecule has 216 valence electrons. The Kier molecular flexibility index (Phi) is 7.06. The summed E-state index contributed by atoms with van der Waals surface area (Å²) in [4.78, 5) is 14.8. The van der Waals surface area contributed by atoms with Crippen LogP contribution in [-0.2, 0) is 9.53 Å². The minimum atomic E-state index is -0.0112. The van der Waals surface area contributed by atoms with Gasteiger partial charge in [-0.2, -0.15) is 0 Å². The maximum absolute atomic E-state index is 12.8. The minimum absolute atomic E-state index is 0.0112. The van der Waals surface area contributed by atoms with Gasteiger partial charge in [-0.3, -0.25) is 4.79 Å². The maximum Gasteiger partial charge on any atom is 0.307 e. The van der Waals surface area contributed by atoms with Gasteiger partial charge in [-0.05, 0) is 136 Å². The molecule has 3 heteroatoms. The highest BCUT2D eigenvalue weighted by atomic mass is 16.5. The van der Waals surface area contributed by atoms with E-state index in [-0.39, 0.29) is 17.5 Å². The van der Waals surface area contributed by atoms with E-state index in [0.29, 0.717) is 34.0 Å². The Morgan fingerprint density at radius 3 is 2.21 bits per heavy atom. The van der Waals surface area contributed by atoms with E-state index in [2.05, 4.69) is 59.9 Å². The molecule has 0 radical (unpaired) electrons. The van der Waals surface area contributed by atoms with Crippen molar-refractivity contribution in [3.63, 3.8) is 0 Å². The third-order valence-corrected chi connectivity index (χ3v) is 14.5. The van der Waals surface area contributed by atoms with Crippen molar-refractivity contribution in [3.05, 3.63) is 12.2 Å². The zero-order valence-corrected chi connectivity index (χ0v) is 26.4. The molecule has 0 N–H and O–H groups in total. The molecule has 0 aromatic carbocycles. The van der Waals surface area contributed by atoms with Gasteiger partial charge >= 0.3 is 5.97 Å². The molecule has 5 rings (SSSR count). The fourth-order valence-electron chi connectivity index (χ4n) is 12.2. The lowest BCUT2D eigenvalue weighted by Gasteiger charge is -2.73. The van der Waals surface area contributed by atoms with Gasteiger partial charge in [0.05, 0.1) is 6.42 Å². The van der Waals surface area contributed by atoms with Crippen molar-refractivity contribution in [2.24, 2.45) is 56.7 Å². The van der Waals surface area contributed by atoms with E-state index in [1.807, 2.05) is 14.1 Å². The molecule has 38 heavy (non-hydrogen) atoms. The van der Waals surface area contributed by atoms with E-state index in [9.17, 15) is 4.79 Å². The third-order valence-electron chi connectivity index (χ3n) is 14.5. The topological polar surface area (TPSA) is 29.5 Å². The Hall–Kier alpha value is -0.830. The zero-order chi connectivity index (χ0) is 27.9. The number of esters is 1. The number of carbonyl (C=O) groups is 1. The monoisotopic (exact) mass is 525 g/mol. The van der Waals surface area contributed by atoms with Crippen LogP contribution in [0.5, 0.6) is 0 Å². The molecule has 0 spiro atoms. The molecule has 0 aromatic heterocycles. The molecule has 0 saturated heterocycles. The first-order valence-corrected chi connectivity index (χ1v) is 16.1. The lowest BCUT2D eigenvalue weighted by molar-refractivity contribution is -0.249. The predicted octanol–water partition coefficient (Wildman–Crippen LogP) is 8.53. The number of ether oxygens (including phenoxy) is 1. The van der Waals surface area contributed by atoms with Gasteiger partial charge in [0, 0.05) is 12.0 Å². The van der Waals surface area contributed by atoms with Gasteiger partial charge in [-0.25, -0.2) is 0 Å². The number of carbonyl (C=O) groups excluding carboxylic acids is 1. The molecule has 5 fully saturated rings. The number of nitrogens with zero attached hydrogens (tertiary/aromatic N) is 1. The van der Waals surface area contributed by atoms with Crippen molar-refractivity contribution in [1.82, 2.24) is 4.90 Å². The highest BCUT2D eigenvalue weighted by Gasteiger charge is 2.70. The van der Waals surface area contributed by atoms with Crippen LogP contribution in [0.1, 0.15) is 119 Å². The Balaban J connectivity index is 1.41. The van der Waals surface area contributed by atoms with Crippen LogP contribution in [0.25, 0.3) is 0 Å². The molecule has 0 amide bonds. The highest BCUT2D eigenvalue weighted by molar-refractivity contribution is 5.69. The van der Waals surface area contributed by atoms with Crippen LogP contribution in [0.15, 0.2) is 12.2 Å². The summed E-state index contributed by atoms with van der Waals surface area (Å²) in [5.41, 5.74) is 3.16. The average molecular weight is 526 g/mol. The predicted molar refractivity (Wildman–Crippen MR) is 158 cm³/mol. The van der Waals surface area contributed by atoms with Crippen LogP contribution in [0.3, 0.4) is 0 Å². The Morgan fingerprint density at radius 1 is 0.842 bits per heavy atom. The third kappa shape index (κ3) is 4.01. The van der Waals surface area contributed by atoms with Gasteiger partial charge in [-0.1, -0.05) is 53.7 Å². The normalized spacial score (nSPS) is 49.4. The second-order valence-corrected chi connectivity index (χ2v) is 16.7. The summed E-state index contributed by atoms with van der Waals surface area (Å²) >= 11 is 0.